The molecule has 0 bridgehead atoms. The second kappa shape index (κ2) is 6.52. The summed E-state index contributed by atoms with van der Waals surface area (Å²) < 4.78 is 4.98. The summed E-state index contributed by atoms with van der Waals surface area (Å²) in [6.45, 7) is 2.01. The maximum Gasteiger partial charge on any atom is 0.338 e. The zero-order chi connectivity index (χ0) is 19.3. The summed E-state index contributed by atoms with van der Waals surface area (Å²) in [5.74, 6) is 0.556. The van der Waals surface area contributed by atoms with Crippen LogP contribution >= 0.6 is 0 Å². The highest BCUT2D eigenvalue weighted by molar-refractivity contribution is 5.94. The summed E-state index contributed by atoms with van der Waals surface area (Å²) in [6.07, 6.45) is 5.69. The van der Waals surface area contributed by atoms with Gasteiger partial charge in [0.15, 0.2) is 0 Å². The number of fused-ring (bicyclic) bond motifs is 4. The standard InChI is InChI=1S/C25H23NO2/c1-15-17(25(27)28-2)13-14-22-19-10-6-12-21(19)24(26-23(15)22)20-11-5-8-16-7-3-4-9-18(16)20/h3-11,13-14,19,21,24,26H,12H2,1-2H3/t19-,21-,24-/m1/s1. The largest absolute Gasteiger partial charge is 0.465 e. The van der Waals surface area contributed by atoms with Crippen molar-refractivity contribution in [3.8, 4) is 0 Å². The number of methoxy groups -OCH3 is 1. The first-order valence-corrected chi connectivity index (χ1v) is 9.81. The lowest BCUT2D eigenvalue weighted by molar-refractivity contribution is 0.0600. The topological polar surface area (TPSA) is 38.3 Å². The molecule has 28 heavy (non-hydrogen) atoms. The van der Waals surface area contributed by atoms with Crippen LogP contribution in [0.3, 0.4) is 0 Å². The fraction of sp³-hybridized carbons (Fsp3) is 0.240. The first-order chi connectivity index (χ1) is 13.7. The molecule has 0 saturated heterocycles. The molecule has 3 nitrogen and oxygen atoms in total. The van der Waals surface area contributed by atoms with E-state index in [1.807, 2.05) is 13.0 Å². The number of esters is 1. The van der Waals surface area contributed by atoms with E-state index in [0.29, 0.717) is 17.4 Å². The van der Waals surface area contributed by atoms with E-state index >= 15 is 0 Å². The van der Waals surface area contributed by atoms with Crippen LogP contribution in [0.4, 0.5) is 5.69 Å². The second-order valence-corrected chi connectivity index (χ2v) is 7.74. The molecule has 0 spiro atoms. The first kappa shape index (κ1) is 17.1. The number of hydrogen-bond acceptors (Lipinski definition) is 3. The lowest BCUT2D eigenvalue weighted by Gasteiger charge is -2.39. The van der Waals surface area contributed by atoms with E-state index in [9.17, 15) is 4.79 Å². The average molecular weight is 369 g/mol. The zero-order valence-corrected chi connectivity index (χ0v) is 16.1. The number of hydrogen-bond donors (Lipinski definition) is 1. The van der Waals surface area contributed by atoms with Gasteiger partial charge >= 0.3 is 5.97 Å². The van der Waals surface area contributed by atoms with E-state index < -0.39 is 0 Å². The molecule has 0 saturated carbocycles. The summed E-state index contributed by atoms with van der Waals surface area (Å²) >= 11 is 0. The Hall–Kier alpha value is -3.07. The molecule has 3 aromatic carbocycles. The van der Waals surface area contributed by atoms with Crippen molar-refractivity contribution in [1.29, 1.82) is 0 Å². The molecule has 3 atom stereocenters. The van der Waals surface area contributed by atoms with Gasteiger partial charge in [-0.2, -0.15) is 0 Å². The average Bonchev–Trinajstić information content (AvgIpc) is 3.23. The molecule has 1 aliphatic heterocycles. The molecule has 0 amide bonds. The van der Waals surface area contributed by atoms with Crippen molar-refractivity contribution in [2.45, 2.75) is 25.3 Å². The van der Waals surface area contributed by atoms with Gasteiger partial charge in [-0.15, -0.1) is 0 Å². The Balaban J connectivity index is 1.68. The van der Waals surface area contributed by atoms with Gasteiger partial charge in [0.05, 0.1) is 18.7 Å². The van der Waals surface area contributed by atoms with E-state index in [2.05, 4.69) is 66.0 Å². The Bertz CT molecular complexity index is 1110. The number of ether oxygens (including phenoxy) is 1. The molecule has 0 unspecified atom stereocenters. The molecule has 0 fully saturated rings. The SMILES string of the molecule is COC(=O)c1ccc2c(c1C)N[C@H](c1cccc3ccccc13)[C@@H]1CC=C[C@@H]21. The van der Waals surface area contributed by atoms with Gasteiger partial charge in [0, 0.05) is 11.6 Å². The summed E-state index contributed by atoms with van der Waals surface area (Å²) in [6, 6.07) is 19.3. The van der Waals surface area contributed by atoms with Crippen molar-refractivity contribution < 1.29 is 9.53 Å². The van der Waals surface area contributed by atoms with Crippen LogP contribution in [-0.4, -0.2) is 13.1 Å². The lowest BCUT2D eigenvalue weighted by atomic mass is 9.75. The van der Waals surface area contributed by atoms with Gasteiger partial charge in [-0.05, 0) is 52.8 Å². The van der Waals surface area contributed by atoms with Crippen LogP contribution < -0.4 is 5.32 Å². The fourth-order valence-corrected chi connectivity index (χ4v) is 4.98. The second-order valence-electron chi connectivity index (χ2n) is 7.74. The van der Waals surface area contributed by atoms with Gasteiger partial charge in [-0.1, -0.05) is 60.7 Å². The van der Waals surface area contributed by atoms with Crippen molar-refractivity contribution in [3.63, 3.8) is 0 Å². The number of benzene rings is 3. The minimum Gasteiger partial charge on any atom is -0.465 e. The first-order valence-electron chi connectivity index (χ1n) is 9.81. The van der Waals surface area contributed by atoms with Crippen molar-refractivity contribution in [3.05, 3.63) is 89.0 Å². The smallest absolute Gasteiger partial charge is 0.338 e. The highest BCUT2D eigenvalue weighted by Crippen LogP contribution is 2.51. The van der Waals surface area contributed by atoms with E-state index in [0.717, 1.165) is 17.7 Å². The summed E-state index contributed by atoms with van der Waals surface area (Å²) in [5.41, 5.74) is 5.28. The molecule has 140 valence electrons. The van der Waals surface area contributed by atoms with Crippen LogP contribution in [0, 0.1) is 12.8 Å². The normalized spacial score (nSPS) is 22.4. The highest BCUT2D eigenvalue weighted by Gasteiger charge is 2.39. The third-order valence-corrected chi connectivity index (χ3v) is 6.36. The van der Waals surface area contributed by atoms with Crippen molar-refractivity contribution in [1.82, 2.24) is 0 Å². The number of carbonyl (C=O) groups excluding carboxylic acids is 1. The number of nitrogens with one attached hydrogen (secondary N) is 1. The molecule has 2 aliphatic rings. The Morgan fingerprint density at radius 2 is 1.86 bits per heavy atom. The molecule has 1 heterocycles. The maximum atomic E-state index is 12.2. The van der Waals surface area contributed by atoms with Crippen LogP contribution in [0.25, 0.3) is 10.8 Å². The summed E-state index contributed by atoms with van der Waals surface area (Å²) in [4.78, 5) is 12.2. The zero-order valence-electron chi connectivity index (χ0n) is 16.1. The highest BCUT2D eigenvalue weighted by atomic mass is 16.5. The van der Waals surface area contributed by atoms with Gasteiger partial charge in [-0.3, -0.25) is 0 Å². The number of rotatable bonds is 2. The Morgan fingerprint density at radius 1 is 1.04 bits per heavy atom. The van der Waals surface area contributed by atoms with Crippen molar-refractivity contribution in [2.24, 2.45) is 5.92 Å². The molecular formula is C25H23NO2. The van der Waals surface area contributed by atoms with Crippen LogP contribution in [0.15, 0.2) is 66.7 Å². The summed E-state index contributed by atoms with van der Waals surface area (Å²) in [5, 5.41) is 6.37. The molecule has 3 heteroatoms. The van der Waals surface area contributed by atoms with Gasteiger partial charge in [0.2, 0.25) is 0 Å². The minimum atomic E-state index is -0.284. The predicted molar refractivity (Wildman–Crippen MR) is 113 cm³/mol. The Kier molecular flexibility index (Phi) is 3.97. The minimum absolute atomic E-state index is 0.199. The van der Waals surface area contributed by atoms with E-state index in [-0.39, 0.29) is 12.0 Å². The van der Waals surface area contributed by atoms with Gasteiger partial charge in [0.1, 0.15) is 0 Å². The number of anilines is 1. The molecule has 1 N–H and O–H groups in total. The maximum absolute atomic E-state index is 12.2. The third kappa shape index (κ3) is 2.46. The van der Waals surface area contributed by atoms with E-state index in [1.54, 1.807) is 0 Å². The molecule has 3 aromatic rings. The Labute approximate surface area is 165 Å². The predicted octanol–water partition coefficient (Wildman–Crippen LogP) is 5.76. The van der Waals surface area contributed by atoms with E-state index in [1.165, 1.54) is 29.0 Å². The quantitative estimate of drug-likeness (QED) is 0.461. The molecule has 5 rings (SSSR count). The fourth-order valence-electron chi connectivity index (χ4n) is 4.98. The molecule has 1 aliphatic carbocycles. The number of allylic oxidation sites excluding steroid dienone is 2. The van der Waals surface area contributed by atoms with E-state index in [4.69, 9.17) is 4.74 Å². The summed E-state index contributed by atoms with van der Waals surface area (Å²) in [7, 11) is 1.43. The molecule has 0 aromatic heterocycles. The van der Waals surface area contributed by atoms with Gasteiger partial charge < -0.3 is 10.1 Å². The van der Waals surface area contributed by atoms with Gasteiger partial charge in [-0.25, -0.2) is 4.79 Å². The number of carbonyl (C=O) groups is 1. The van der Waals surface area contributed by atoms with Gasteiger partial charge in [0.25, 0.3) is 0 Å². The Morgan fingerprint density at radius 3 is 2.71 bits per heavy atom. The molecular weight excluding hydrogens is 346 g/mol. The van der Waals surface area contributed by atoms with Crippen LogP contribution in [-0.2, 0) is 4.74 Å². The third-order valence-electron chi connectivity index (χ3n) is 6.36. The van der Waals surface area contributed by atoms with Crippen LogP contribution in [0.1, 0.15) is 45.4 Å². The van der Waals surface area contributed by atoms with Crippen molar-refractivity contribution in [2.75, 3.05) is 12.4 Å². The van der Waals surface area contributed by atoms with Crippen molar-refractivity contribution >= 4 is 22.4 Å². The lowest BCUT2D eigenvalue weighted by Crippen LogP contribution is -2.30. The van der Waals surface area contributed by atoms with Crippen LogP contribution in [0.2, 0.25) is 0 Å². The molecule has 0 radical (unpaired) electrons. The monoisotopic (exact) mass is 369 g/mol. The van der Waals surface area contributed by atoms with Crippen LogP contribution in [0.5, 0.6) is 0 Å².